The van der Waals surface area contributed by atoms with Gasteiger partial charge in [-0.1, -0.05) is 244 Å². The lowest BCUT2D eigenvalue weighted by molar-refractivity contribution is -0.302. The molecule has 1 aliphatic heterocycles. The van der Waals surface area contributed by atoms with Crippen molar-refractivity contribution >= 4 is 5.91 Å². The monoisotopic (exact) mass is 884 g/mol. The minimum atomic E-state index is -1.61. The van der Waals surface area contributed by atoms with E-state index in [1.165, 1.54) is 186 Å². The quantitative estimate of drug-likeness (QED) is 0.0232. The van der Waals surface area contributed by atoms with Gasteiger partial charge in [0.05, 0.1) is 25.4 Å². The van der Waals surface area contributed by atoms with Crippen LogP contribution < -0.4 is 5.32 Å². The van der Waals surface area contributed by atoms with Crippen molar-refractivity contribution in [1.29, 1.82) is 0 Å². The molecule has 0 saturated carbocycles. The summed E-state index contributed by atoms with van der Waals surface area (Å²) in [6.45, 7) is 3.61. The zero-order valence-electron chi connectivity index (χ0n) is 40.3. The Hall–Kier alpha value is -1.11. The minimum Gasteiger partial charge on any atom is -0.394 e. The Bertz CT molecular complexity index is 999. The molecule has 0 aliphatic carbocycles. The van der Waals surface area contributed by atoms with Crippen LogP contribution in [-0.2, 0) is 14.3 Å². The molecule has 7 N–H and O–H groups in total. The second-order valence-corrected chi connectivity index (χ2v) is 18.8. The fourth-order valence-electron chi connectivity index (χ4n) is 8.64. The predicted octanol–water partition coefficient (Wildman–Crippen LogP) is 11.0. The summed E-state index contributed by atoms with van der Waals surface area (Å²) < 4.78 is 11.1. The lowest BCUT2D eigenvalue weighted by Gasteiger charge is -2.40. The molecule has 0 spiro atoms. The van der Waals surface area contributed by atoms with Crippen LogP contribution in [0.3, 0.4) is 0 Å². The molecule has 8 unspecified atom stereocenters. The third kappa shape index (κ3) is 31.7. The summed E-state index contributed by atoms with van der Waals surface area (Å²) >= 11 is 0. The topological polar surface area (TPSA) is 169 Å². The van der Waals surface area contributed by atoms with Gasteiger partial charge in [-0.25, -0.2) is 0 Å². The molecular formula is C52H101NO9. The molecule has 0 radical (unpaired) electrons. The number of rotatable bonds is 45. The van der Waals surface area contributed by atoms with Crippen molar-refractivity contribution < 1.29 is 44.9 Å². The largest absolute Gasteiger partial charge is 0.394 e. The van der Waals surface area contributed by atoms with Crippen molar-refractivity contribution in [2.75, 3.05) is 13.2 Å². The van der Waals surface area contributed by atoms with Gasteiger partial charge in [0.1, 0.15) is 30.5 Å². The van der Waals surface area contributed by atoms with Crippen molar-refractivity contribution in [2.45, 2.75) is 300 Å². The van der Waals surface area contributed by atoms with Gasteiger partial charge in [0.2, 0.25) is 5.91 Å². The minimum absolute atomic E-state index is 0.301. The Morgan fingerprint density at radius 1 is 0.548 bits per heavy atom. The number of ether oxygens (including phenoxy) is 2. The number of carbonyl (C=O) groups is 1. The average Bonchev–Trinajstić information content (AvgIpc) is 3.27. The molecule has 8 atom stereocenters. The second kappa shape index (κ2) is 42.5. The lowest BCUT2D eigenvalue weighted by Crippen LogP contribution is -2.60. The summed E-state index contributed by atoms with van der Waals surface area (Å²) in [5.74, 6) is -0.613. The third-order valence-electron chi connectivity index (χ3n) is 13.0. The molecule has 10 heteroatoms. The van der Waals surface area contributed by atoms with E-state index in [1.54, 1.807) is 6.08 Å². The summed E-state index contributed by atoms with van der Waals surface area (Å²) in [6, 6.07) is -0.974. The molecule has 1 fully saturated rings. The zero-order valence-corrected chi connectivity index (χ0v) is 40.3. The van der Waals surface area contributed by atoms with E-state index < -0.39 is 61.5 Å². The van der Waals surface area contributed by atoms with E-state index in [4.69, 9.17) is 9.47 Å². The number of hydrogen-bond acceptors (Lipinski definition) is 9. The number of aliphatic hydroxyl groups is 6. The standard InChI is InChI=1S/C52H101NO9/c1-3-5-7-9-11-13-15-16-17-18-19-20-21-22-23-24-25-26-27-28-29-31-33-35-37-39-41-46(56)51(60)53-44(43-61-52-50(59)49(58)48(57)47(42-54)62-52)45(55)40-38-36-34-32-30-14-12-10-8-6-4-2/h38,40,44-50,52,54-59H,3-37,39,41-43H2,1-2H3,(H,53,60)/b40-38+. The van der Waals surface area contributed by atoms with Gasteiger partial charge in [0.15, 0.2) is 6.29 Å². The van der Waals surface area contributed by atoms with Gasteiger partial charge in [0, 0.05) is 0 Å². The molecule has 1 heterocycles. The maximum absolute atomic E-state index is 13.1. The average molecular weight is 884 g/mol. The summed E-state index contributed by atoms with van der Waals surface area (Å²) in [5, 5.41) is 64.7. The number of unbranched alkanes of at least 4 members (excludes halogenated alkanes) is 34. The van der Waals surface area contributed by atoms with Gasteiger partial charge in [-0.05, 0) is 19.3 Å². The van der Waals surface area contributed by atoms with Crippen LogP contribution in [0, 0.1) is 0 Å². The number of aliphatic hydroxyl groups excluding tert-OH is 6. The first-order chi connectivity index (χ1) is 30.3. The molecule has 0 aromatic heterocycles. The van der Waals surface area contributed by atoms with Crippen molar-refractivity contribution in [2.24, 2.45) is 0 Å². The van der Waals surface area contributed by atoms with Crippen LogP contribution in [0.25, 0.3) is 0 Å². The van der Waals surface area contributed by atoms with E-state index in [-0.39, 0.29) is 6.61 Å². The predicted molar refractivity (Wildman–Crippen MR) is 255 cm³/mol. The maximum atomic E-state index is 13.1. The zero-order chi connectivity index (χ0) is 45.3. The molecular weight excluding hydrogens is 783 g/mol. The Morgan fingerprint density at radius 2 is 0.919 bits per heavy atom. The molecule has 0 aromatic carbocycles. The Balaban J connectivity index is 2.21. The van der Waals surface area contributed by atoms with Gasteiger partial charge < -0.3 is 45.4 Å². The first-order valence-corrected chi connectivity index (χ1v) is 26.5. The fraction of sp³-hybridized carbons (Fsp3) is 0.942. The fourth-order valence-corrected chi connectivity index (χ4v) is 8.64. The van der Waals surface area contributed by atoms with E-state index in [2.05, 4.69) is 19.2 Å². The summed E-state index contributed by atoms with van der Waals surface area (Å²) in [7, 11) is 0. The van der Waals surface area contributed by atoms with E-state index in [0.717, 1.165) is 44.9 Å². The highest BCUT2D eigenvalue weighted by atomic mass is 16.7. The van der Waals surface area contributed by atoms with Crippen LogP contribution in [0.4, 0.5) is 0 Å². The molecule has 1 rings (SSSR count). The number of allylic oxidation sites excluding steroid dienone is 1. The van der Waals surface area contributed by atoms with Crippen molar-refractivity contribution in [3.05, 3.63) is 12.2 Å². The summed E-state index contributed by atoms with van der Waals surface area (Å²) in [4.78, 5) is 13.1. The molecule has 1 saturated heterocycles. The molecule has 1 amide bonds. The highest BCUT2D eigenvalue weighted by Gasteiger charge is 2.44. The maximum Gasteiger partial charge on any atom is 0.249 e. The molecule has 1 aliphatic rings. The Kier molecular flexibility index (Phi) is 40.4. The van der Waals surface area contributed by atoms with Crippen LogP contribution in [0.5, 0.6) is 0 Å². The third-order valence-corrected chi connectivity index (χ3v) is 13.0. The molecule has 10 nitrogen and oxygen atoms in total. The number of nitrogens with one attached hydrogen (secondary N) is 1. The van der Waals surface area contributed by atoms with E-state index in [1.807, 2.05) is 6.08 Å². The molecule has 368 valence electrons. The first kappa shape index (κ1) is 58.9. The van der Waals surface area contributed by atoms with Gasteiger partial charge in [-0.15, -0.1) is 0 Å². The SMILES string of the molecule is CCCCCCCCCCC/C=C/C(O)C(COC1OC(CO)C(O)C(O)C1O)NC(=O)C(O)CCCCCCCCCCCCCCCCCCCCCCCCCCCC. The summed E-state index contributed by atoms with van der Waals surface area (Å²) in [6.07, 6.45) is 40.4. The van der Waals surface area contributed by atoms with Gasteiger partial charge >= 0.3 is 0 Å². The molecule has 62 heavy (non-hydrogen) atoms. The normalized spacial score (nSPS) is 20.8. The molecule has 0 bridgehead atoms. The highest BCUT2D eigenvalue weighted by Crippen LogP contribution is 2.23. The van der Waals surface area contributed by atoms with Crippen LogP contribution in [0.2, 0.25) is 0 Å². The van der Waals surface area contributed by atoms with Gasteiger partial charge in [-0.2, -0.15) is 0 Å². The number of hydrogen-bond donors (Lipinski definition) is 7. The first-order valence-electron chi connectivity index (χ1n) is 26.5. The molecule has 0 aromatic rings. The Morgan fingerprint density at radius 3 is 1.31 bits per heavy atom. The van der Waals surface area contributed by atoms with Crippen LogP contribution in [-0.4, -0.2) is 98.7 Å². The summed E-state index contributed by atoms with van der Waals surface area (Å²) in [5.41, 5.74) is 0. The van der Waals surface area contributed by atoms with Crippen LogP contribution >= 0.6 is 0 Å². The van der Waals surface area contributed by atoms with E-state index in [0.29, 0.717) is 6.42 Å². The van der Waals surface area contributed by atoms with Crippen molar-refractivity contribution in [3.63, 3.8) is 0 Å². The van der Waals surface area contributed by atoms with E-state index in [9.17, 15) is 35.4 Å². The van der Waals surface area contributed by atoms with Gasteiger partial charge in [-0.3, -0.25) is 4.79 Å². The number of carbonyl (C=O) groups excluding carboxylic acids is 1. The second-order valence-electron chi connectivity index (χ2n) is 18.8. The van der Waals surface area contributed by atoms with E-state index >= 15 is 0 Å². The van der Waals surface area contributed by atoms with Crippen molar-refractivity contribution in [1.82, 2.24) is 5.32 Å². The van der Waals surface area contributed by atoms with Crippen LogP contribution in [0.1, 0.15) is 251 Å². The Labute approximate surface area is 380 Å². The number of amides is 1. The van der Waals surface area contributed by atoms with Crippen LogP contribution in [0.15, 0.2) is 12.2 Å². The lowest BCUT2D eigenvalue weighted by atomic mass is 9.99. The highest BCUT2D eigenvalue weighted by molar-refractivity contribution is 5.80. The van der Waals surface area contributed by atoms with Gasteiger partial charge in [0.25, 0.3) is 0 Å². The smallest absolute Gasteiger partial charge is 0.249 e. The van der Waals surface area contributed by atoms with Crippen molar-refractivity contribution in [3.8, 4) is 0 Å².